The van der Waals surface area contributed by atoms with Gasteiger partial charge in [-0.1, -0.05) is 108 Å². The predicted octanol–water partition coefficient (Wildman–Crippen LogP) is 8.90. The van der Waals surface area contributed by atoms with Crippen molar-refractivity contribution in [1.82, 2.24) is 0 Å². The summed E-state index contributed by atoms with van der Waals surface area (Å²) in [6, 6.07) is 5.25. The number of phenols is 1. The lowest BCUT2D eigenvalue weighted by molar-refractivity contribution is -0.161. The summed E-state index contributed by atoms with van der Waals surface area (Å²) in [6.45, 7) is 0.939. The molecule has 0 amide bonds. The van der Waals surface area contributed by atoms with E-state index in [2.05, 4.69) is 59.7 Å². The van der Waals surface area contributed by atoms with Crippen molar-refractivity contribution < 1.29 is 45.7 Å². The number of benzene rings is 1. The molecule has 0 saturated carbocycles. The van der Waals surface area contributed by atoms with Crippen LogP contribution in [0.2, 0.25) is 0 Å². The van der Waals surface area contributed by atoms with Crippen LogP contribution in [0.4, 0.5) is 0 Å². The highest BCUT2D eigenvalue weighted by Gasteiger charge is 2.26. The summed E-state index contributed by atoms with van der Waals surface area (Å²) in [5.41, 5.74) is -0.376. The molecule has 0 unspecified atom stereocenters. The van der Waals surface area contributed by atoms with E-state index < -0.39 is 53.4 Å². The minimum absolute atomic E-state index is 0.0469. The van der Waals surface area contributed by atoms with Gasteiger partial charge in [-0.05, 0) is 76.3 Å². The van der Waals surface area contributed by atoms with Gasteiger partial charge in [-0.3, -0.25) is 9.59 Å². The van der Waals surface area contributed by atoms with E-state index in [1.54, 1.807) is 0 Å². The zero-order chi connectivity index (χ0) is 37.0. The normalized spacial score (nSPS) is 15.8. The lowest BCUT2D eigenvalue weighted by Gasteiger charge is -2.18. The summed E-state index contributed by atoms with van der Waals surface area (Å²) in [4.78, 5) is 37.2. The third kappa shape index (κ3) is 22.3. The van der Waals surface area contributed by atoms with Crippen molar-refractivity contribution >= 4 is 49.9 Å². The summed E-state index contributed by atoms with van der Waals surface area (Å²) in [5, 5.41) is 10.4. The predicted molar refractivity (Wildman–Crippen MR) is 204 cm³/mol. The van der Waals surface area contributed by atoms with Crippen LogP contribution < -0.4 is 0 Å². The van der Waals surface area contributed by atoms with Gasteiger partial charge in [-0.15, -0.1) is 0 Å². The number of carbonyl (C=O) groups is 3. The molecule has 1 heterocycles. The van der Waals surface area contributed by atoms with Crippen LogP contribution in [0.5, 0.6) is 5.75 Å². The maximum absolute atomic E-state index is 12.6. The van der Waals surface area contributed by atoms with Gasteiger partial charge in [-0.2, -0.15) is 8.42 Å². The van der Waals surface area contributed by atoms with E-state index in [1.165, 1.54) is 30.7 Å². The second-order valence-electron chi connectivity index (χ2n) is 11.6. The van der Waals surface area contributed by atoms with Gasteiger partial charge in [0.25, 0.3) is 0 Å². The molecule has 1 aromatic rings. The topological polar surface area (TPSA) is 142 Å². The molecule has 2 atom stereocenters. The van der Waals surface area contributed by atoms with Crippen molar-refractivity contribution in [3.63, 3.8) is 0 Å². The standard InChI is InChI=1S/C38H52O10S3/c1-2-3-4-5-6-7-8-9-10-11-12-13-14-15-16-17-18-27-37(41)47-32(30-45-36(40)26-22-19-23-33-28-29-49-50-33)31-46-51(43,44)48-38(42)34-24-20-21-25-35(34)39/h3-4,6-7,9-10,12-13,15-16,20-21,24-25,32-33,39H,2,5,8,11,14,17-19,22-23,26-31H2,1H3/t32-,33-/m1/s1. The monoisotopic (exact) mass is 764 g/mol. The van der Waals surface area contributed by atoms with Gasteiger partial charge < -0.3 is 18.8 Å². The van der Waals surface area contributed by atoms with E-state index in [4.69, 9.17) is 13.7 Å². The van der Waals surface area contributed by atoms with E-state index in [1.807, 2.05) is 33.7 Å². The highest BCUT2D eigenvalue weighted by molar-refractivity contribution is 8.77. The van der Waals surface area contributed by atoms with Crippen LogP contribution in [-0.4, -0.2) is 61.8 Å². The van der Waals surface area contributed by atoms with Gasteiger partial charge in [0, 0.05) is 23.8 Å². The Kier molecular flexibility index (Phi) is 23.6. The summed E-state index contributed by atoms with van der Waals surface area (Å²) < 4.78 is 44.6. The number of ether oxygens (including phenoxy) is 2. The summed E-state index contributed by atoms with van der Waals surface area (Å²) in [7, 11) is -1.16. The Balaban J connectivity index is 1.75. The van der Waals surface area contributed by atoms with Crippen molar-refractivity contribution in [3.05, 3.63) is 90.6 Å². The molecule has 282 valence electrons. The number of hydrogen-bond donors (Lipinski definition) is 1. The zero-order valence-electron chi connectivity index (χ0n) is 29.4. The average Bonchev–Trinajstić information content (AvgIpc) is 3.63. The van der Waals surface area contributed by atoms with Crippen LogP contribution in [0.1, 0.15) is 101 Å². The first-order valence-corrected chi connectivity index (χ1v) is 21.2. The van der Waals surface area contributed by atoms with Gasteiger partial charge >= 0.3 is 28.3 Å². The van der Waals surface area contributed by atoms with Crippen LogP contribution in [0.25, 0.3) is 0 Å². The summed E-state index contributed by atoms with van der Waals surface area (Å²) in [6.07, 6.45) is 29.5. The summed E-state index contributed by atoms with van der Waals surface area (Å²) >= 11 is 0. The van der Waals surface area contributed by atoms with Gasteiger partial charge in [0.1, 0.15) is 24.5 Å². The van der Waals surface area contributed by atoms with E-state index in [0.717, 1.165) is 50.7 Å². The van der Waals surface area contributed by atoms with Crippen LogP contribution in [-0.2, 0) is 37.8 Å². The van der Waals surface area contributed by atoms with Gasteiger partial charge in [0.05, 0.1) is 0 Å². The van der Waals surface area contributed by atoms with E-state index >= 15 is 0 Å². The Morgan fingerprint density at radius 3 is 2.10 bits per heavy atom. The van der Waals surface area contributed by atoms with Crippen LogP contribution in [0.15, 0.2) is 85.0 Å². The Morgan fingerprint density at radius 2 is 1.47 bits per heavy atom. The van der Waals surface area contributed by atoms with Crippen LogP contribution in [0.3, 0.4) is 0 Å². The van der Waals surface area contributed by atoms with Crippen LogP contribution in [0, 0.1) is 0 Å². The first-order valence-electron chi connectivity index (χ1n) is 17.5. The molecular weight excluding hydrogens is 713 g/mol. The smallest absolute Gasteiger partial charge is 0.451 e. The SMILES string of the molecule is CCC=CCC=CCC=CCC=CCC=CCCCC(=O)O[C@H](COC(=O)CCCC[C@@H]1CCSS1)COS(=O)(=O)OC(=O)c1ccccc1O. The fourth-order valence-corrected chi connectivity index (χ4v) is 8.19. The maximum atomic E-state index is 12.6. The van der Waals surface area contributed by atoms with E-state index in [-0.39, 0.29) is 18.4 Å². The molecule has 0 aromatic heterocycles. The van der Waals surface area contributed by atoms with Gasteiger partial charge in [0.2, 0.25) is 0 Å². The Bertz CT molecular complexity index is 1430. The van der Waals surface area contributed by atoms with Gasteiger partial charge in [0.15, 0.2) is 6.10 Å². The van der Waals surface area contributed by atoms with Crippen LogP contribution >= 0.6 is 21.6 Å². The van der Waals surface area contributed by atoms with Crippen molar-refractivity contribution in [1.29, 1.82) is 0 Å². The highest BCUT2D eigenvalue weighted by Crippen LogP contribution is 2.39. The lowest BCUT2D eigenvalue weighted by Crippen LogP contribution is -2.31. The fourth-order valence-electron chi connectivity index (χ4n) is 4.52. The van der Waals surface area contributed by atoms with Crippen molar-refractivity contribution in [3.8, 4) is 5.75 Å². The summed E-state index contributed by atoms with van der Waals surface area (Å²) in [5.74, 6) is -1.80. The molecule has 10 nitrogen and oxygen atoms in total. The molecule has 1 saturated heterocycles. The van der Waals surface area contributed by atoms with E-state index in [9.17, 15) is 27.9 Å². The van der Waals surface area contributed by atoms with Crippen molar-refractivity contribution in [2.75, 3.05) is 19.0 Å². The second kappa shape index (κ2) is 27.4. The van der Waals surface area contributed by atoms with Crippen molar-refractivity contribution in [2.45, 2.75) is 102 Å². The number of aromatic hydroxyl groups is 1. The third-order valence-electron chi connectivity index (χ3n) is 7.22. The minimum atomic E-state index is -4.91. The Labute approximate surface area is 311 Å². The number of hydrogen-bond acceptors (Lipinski definition) is 12. The number of unbranched alkanes of at least 4 members (excludes halogenated alkanes) is 2. The zero-order valence-corrected chi connectivity index (χ0v) is 31.8. The fraction of sp³-hybridized carbons (Fsp3) is 0.500. The van der Waals surface area contributed by atoms with Gasteiger partial charge in [-0.25, -0.2) is 8.98 Å². The first-order chi connectivity index (χ1) is 24.7. The van der Waals surface area contributed by atoms with E-state index in [0.29, 0.717) is 24.5 Å². The minimum Gasteiger partial charge on any atom is -0.507 e. The first kappa shape index (κ1) is 43.9. The molecule has 1 aliphatic rings. The number of para-hydroxylation sites is 1. The molecule has 1 N–H and O–H groups in total. The molecule has 2 rings (SSSR count). The largest absolute Gasteiger partial charge is 0.507 e. The number of rotatable bonds is 26. The number of carbonyl (C=O) groups excluding carboxylic acids is 3. The van der Waals surface area contributed by atoms with Crippen molar-refractivity contribution in [2.24, 2.45) is 0 Å². The number of phenolic OH excluding ortho intramolecular Hbond substituents is 1. The molecule has 0 aliphatic carbocycles. The number of allylic oxidation sites excluding steroid dienone is 10. The average molecular weight is 765 g/mol. The molecule has 13 heteroatoms. The molecule has 1 aromatic carbocycles. The maximum Gasteiger partial charge on any atom is 0.451 e. The quantitative estimate of drug-likeness (QED) is 0.0417. The molecule has 1 fully saturated rings. The molecule has 0 bridgehead atoms. The molecule has 1 aliphatic heterocycles. The number of esters is 2. The lowest BCUT2D eigenvalue weighted by atomic mass is 10.1. The molecule has 0 radical (unpaired) electrons. The highest BCUT2D eigenvalue weighted by atomic mass is 33.1. The molecular formula is C38H52O10S3. The molecule has 0 spiro atoms. The Morgan fingerprint density at radius 1 is 0.843 bits per heavy atom. The Hall–Kier alpha value is -3.26. The second-order valence-corrected chi connectivity index (χ2v) is 15.6. The third-order valence-corrected chi connectivity index (χ3v) is 11.0. The molecule has 51 heavy (non-hydrogen) atoms.